The standard InChI is InChI=1S/C39H34N4O4SSe/c1-26-36(45)30-17-9-10-18-31(30)37(46)38(26)48-22-20-34(44)43(25-33-41-24-28-14-8-11-19-32(28)42-33)35(27-12-4-2-5-13-27)39(47)40-21-23-49-29-15-6-3-7-16-29/h2-19,24,35H,20-23,25H2,1H3,(H,40,47). The third-order valence-electron chi connectivity index (χ3n) is 8.13. The van der Waals surface area contributed by atoms with Gasteiger partial charge in [-0.1, -0.05) is 30.3 Å². The quantitative estimate of drug-likeness (QED) is 0.122. The van der Waals surface area contributed by atoms with Gasteiger partial charge < -0.3 is 0 Å². The molecule has 1 heterocycles. The van der Waals surface area contributed by atoms with Crippen LogP contribution in [0.3, 0.4) is 0 Å². The molecular formula is C39H34N4O4SSe. The summed E-state index contributed by atoms with van der Waals surface area (Å²) >= 11 is 1.39. The molecule has 4 aromatic carbocycles. The van der Waals surface area contributed by atoms with E-state index < -0.39 is 6.04 Å². The van der Waals surface area contributed by atoms with E-state index in [1.165, 1.54) is 21.1 Å². The number of Topliss-reactive ketones (excluding diaryl/α,β-unsaturated/α-hetero) is 2. The van der Waals surface area contributed by atoms with Crippen LogP contribution in [-0.4, -0.2) is 65.5 Å². The van der Waals surface area contributed by atoms with E-state index in [0.29, 0.717) is 39.5 Å². The summed E-state index contributed by atoms with van der Waals surface area (Å²) in [7, 11) is 0. The average Bonchev–Trinajstić information content (AvgIpc) is 3.14. The number of carbonyl (C=O) groups excluding carboxylic acids is 4. The van der Waals surface area contributed by atoms with Gasteiger partial charge in [0.25, 0.3) is 0 Å². The maximum absolute atomic E-state index is 14.2. The van der Waals surface area contributed by atoms with Gasteiger partial charge in [0.1, 0.15) is 0 Å². The van der Waals surface area contributed by atoms with E-state index in [1.54, 1.807) is 37.4 Å². The Morgan fingerprint density at radius 2 is 1.49 bits per heavy atom. The van der Waals surface area contributed by atoms with Crippen LogP contribution in [0.2, 0.25) is 5.32 Å². The average molecular weight is 734 g/mol. The minimum Gasteiger partial charge on any atom is -0.289 e. The number of fused-ring (bicyclic) bond motifs is 2. The molecule has 246 valence electrons. The topological polar surface area (TPSA) is 109 Å². The zero-order chi connectivity index (χ0) is 34.2. The third kappa shape index (κ3) is 8.05. The molecule has 1 aliphatic rings. The summed E-state index contributed by atoms with van der Waals surface area (Å²) in [6.07, 6.45) is 1.74. The van der Waals surface area contributed by atoms with Crippen LogP contribution in [0.1, 0.15) is 51.5 Å². The second-order valence-corrected chi connectivity index (χ2v) is 14.9. The second-order valence-electron chi connectivity index (χ2n) is 11.4. The van der Waals surface area contributed by atoms with Gasteiger partial charge in [-0.25, -0.2) is 0 Å². The molecule has 5 aromatic rings. The Balaban J connectivity index is 1.24. The number of para-hydroxylation sites is 1. The number of allylic oxidation sites excluding steroid dienone is 2. The summed E-state index contributed by atoms with van der Waals surface area (Å²) in [4.78, 5) is 65.8. The van der Waals surface area contributed by atoms with Crippen molar-refractivity contribution in [1.29, 1.82) is 0 Å². The van der Waals surface area contributed by atoms with Gasteiger partial charge in [-0.05, 0) is 6.92 Å². The van der Waals surface area contributed by atoms with E-state index in [4.69, 9.17) is 4.98 Å². The molecule has 6 rings (SSSR count). The van der Waals surface area contributed by atoms with Gasteiger partial charge in [-0.15, -0.1) is 0 Å². The first kappa shape index (κ1) is 34.0. The number of thioether (sulfide) groups is 1. The summed E-state index contributed by atoms with van der Waals surface area (Å²) < 4.78 is 1.25. The van der Waals surface area contributed by atoms with E-state index >= 15 is 0 Å². The molecule has 49 heavy (non-hydrogen) atoms. The summed E-state index contributed by atoms with van der Waals surface area (Å²) in [5.74, 6) is -0.345. The van der Waals surface area contributed by atoms with Gasteiger partial charge >= 0.3 is 233 Å². The fourth-order valence-corrected chi connectivity index (χ4v) is 8.35. The molecule has 1 unspecified atom stereocenters. The number of nitrogens with zero attached hydrogens (tertiary/aromatic N) is 3. The molecular weight excluding hydrogens is 699 g/mol. The number of hydrogen-bond donors (Lipinski definition) is 1. The van der Waals surface area contributed by atoms with Gasteiger partial charge in [0.15, 0.2) is 5.78 Å². The molecule has 1 N–H and O–H groups in total. The number of aromatic nitrogens is 2. The Hall–Kier alpha value is -4.89. The molecule has 0 aliphatic heterocycles. The minimum absolute atomic E-state index is 0.00177. The SMILES string of the molecule is CC1=C(SCCC(=O)N(Cc2ncc3ccccc3n2)C(C(=O)NCC[Se]c2ccccc2)c2ccccc2)C(=O)c2ccccc2C1=O. The molecule has 0 radical (unpaired) electrons. The predicted molar refractivity (Wildman–Crippen MR) is 194 cm³/mol. The monoisotopic (exact) mass is 734 g/mol. The van der Waals surface area contributed by atoms with Crippen LogP contribution in [0.4, 0.5) is 0 Å². The van der Waals surface area contributed by atoms with Gasteiger partial charge in [0, 0.05) is 11.1 Å². The molecule has 0 bridgehead atoms. The first-order valence-electron chi connectivity index (χ1n) is 15.9. The van der Waals surface area contributed by atoms with Crippen molar-refractivity contribution in [3.63, 3.8) is 0 Å². The van der Waals surface area contributed by atoms with Crippen LogP contribution in [0.15, 0.2) is 126 Å². The summed E-state index contributed by atoms with van der Waals surface area (Å²) in [6.45, 7) is 2.12. The number of ketones is 2. The van der Waals surface area contributed by atoms with Gasteiger partial charge in [-0.3, -0.25) is 9.59 Å². The Bertz CT molecular complexity index is 2040. The molecule has 8 nitrogen and oxygen atoms in total. The maximum atomic E-state index is 14.2. The molecule has 10 heteroatoms. The molecule has 1 aromatic heterocycles. The fraction of sp³-hybridized carbons (Fsp3) is 0.179. The Morgan fingerprint density at radius 3 is 2.24 bits per heavy atom. The number of amides is 2. The molecule has 2 amide bonds. The van der Waals surface area contributed by atoms with Gasteiger partial charge in [-0.2, -0.15) is 0 Å². The molecule has 1 aliphatic carbocycles. The van der Waals surface area contributed by atoms with Crippen molar-refractivity contribution < 1.29 is 19.2 Å². The number of hydrogen-bond acceptors (Lipinski definition) is 7. The van der Waals surface area contributed by atoms with Crippen LogP contribution in [0, 0.1) is 0 Å². The third-order valence-corrected chi connectivity index (χ3v) is 11.4. The van der Waals surface area contributed by atoms with Crippen LogP contribution >= 0.6 is 11.8 Å². The Morgan fingerprint density at radius 1 is 0.837 bits per heavy atom. The van der Waals surface area contributed by atoms with E-state index in [1.807, 2.05) is 72.8 Å². The predicted octanol–water partition coefficient (Wildman–Crippen LogP) is 5.74. The zero-order valence-electron chi connectivity index (χ0n) is 26.9. The van der Waals surface area contributed by atoms with E-state index in [9.17, 15) is 19.2 Å². The Kier molecular flexibility index (Phi) is 11.1. The van der Waals surface area contributed by atoms with Crippen LogP contribution < -0.4 is 9.78 Å². The summed E-state index contributed by atoms with van der Waals surface area (Å²) in [6, 6.07) is 32.9. The van der Waals surface area contributed by atoms with Crippen LogP contribution in [-0.2, 0) is 16.1 Å². The number of nitrogens with one attached hydrogen (secondary N) is 1. The van der Waals surface area contributed by atoms with Crippen molar-refractivity contribution in [2.45, 2.75) is 31.3 Å². The first-order chi connectivity index (χ1) is 23.9. The van der Waals surface area contributed by atoms with Crippen molar-refractivity contribution in [2.75, 3.05) is 12.3 Å². The van der Waals surface area contributed by atoms with Crippen molar-refractivity contribution >= 4 is 65.5 Å². The first-order valence-corrected chi connectivity index (χ1v) is 19.0. The molecule has 0 saturated carbocycles. The Labute approximate surface area is 295 Å². The van der Waals surface area contributed by atoms with Gasteiger partial charge in [0.05, 0.1) is 0 Å². The second kappa shape index (κ2) is 16.0. The summed E-state index contributed by atoms with van der Waals surface area (Å²) in [5.41, 5.74) is 2.55. The number of benzene rings is 4. The number of rotatable bonds is 13. The van der Waals surface area contributed by atoms with Crippen molar-refractivity contribution in [2.24, 2.45) is 0 Å². The van der Waals surface area contributed by atoms with Gasteiger partial charge in [0.2, 0.25) is 0 Å². The summed E-state index contributed by atoms with van der Waals surface area (Å²) in [5, 5.41) is 4.75. The van der Waals surface area contributed by atoms with E-state index in [0.717, 1.165) is 16.2 Å². The normalized spacial score (nSPS) is 13.2. The molecule has 1 atom stereocenters. The van der Waals surface area contributed by atoms with E-state index in [-0.39, 0.29) is 57.1 Å². The van der Waals surface area contributed by atoms with Crippen molar-refractivity contribution in [1.82, 2.24) is 20.2 Å². The number of carbonyl (C=O) groups is 4. The van der Waals surface area contributed by atoms with Crippen LogP contribution in [0.25, 0.3) is 10.9 Å². The van der Waals surface area contributed by atoms with Crippen LogP contribution in [0.5, 0.6) is 0 Å². The smallest absolute Gasteiger partial charge is 0.289 e. The zero-order valence-corrected chi connectivity index (χ0v) is 29.4. The van der Waals surface area contributed by atoms with E-state index in [2.05, 4.69) is 22.4 Å². The molecule has 0 spiro atoms. The molecule has 0 saturated heterocycles. The van der Waals surface area contributed by atoms with Crippen molar-refractivity contribution in [3.05, 3.63) is 148 Å². The molecule has 0 fully saturated rings. The fourth-order valence-electron chi connectivity index (χ4n) is 5.66. The van der Waals surface area contributed by atoms with Crippen molar-refractivity contribution in [3.8, 4) is 0 Å². The minimum atomic E-state index is -0.941.